The summed E-state index contributed by atoms with van der Waals surface area (Å²) in [6.45, 7) is 4.74. The van der Waals surface area contributed by atoms with Gasteiger partial charge in [-0.15, -0.1) is 0 Å². The van der Waals surface area contributed by atoms with Gasteiger partial charge in [0.05, 0.1) is 43.8 Å². The van der Waals surface area contributed by atoms with E-state index in [0.29, 0.717) is 60.5 Å². The molecule has 0 saturated carbocycles. The predicted octanol–water partition coefficient (Wildman–Crippen LogP) is 6.23. The summed E-state index contributed by atoms with van der Waals surface area (Å²) in [6.07, 6.45) is 5.13. The second kappa shape index (κ2) is 18.1. The van der Waals surface area contributed by atoms with Crippen molar-refractivity contribution in [3.05, 3.63) is 78.3 Å². The Hall–Kier alpha value is -6.33. The summed E-state index contributed by atoms with van der Waals surface area (Å²) >= 11 is 0. The molecule has 4 amide bonds. The topological polar surface area (TPSA) is 189 Å². The van der Waals surface area contributed by atoms with E-state index in [0.717, 1.165) is 19.3 Å². The number of aromatic nitrogens is 1. The van der Waals surface area contributed by atoms with Crippen LogP contribution in [0, 0.1) is 0 Å². The van der Waals surface area contributed by atoms with Crippen molar-refractivity contribution in [2.75, 3.05) is 56.1 Å². The lowest BCUT2D eigenvalue weighted by Crippen LogP contribution is -2.54. The quantitative estimate of drug-likeness (QED) is 0.0831. The molecule has 2 fully saturated rings. The van der Waals surface area contributed by atoms with Crippen molar-refractivity contribution in [3.8, 4) is 11.5 Å². The van der Waals surface area contributed by atoms with Crippen LogP contribution in [0.1, 0.15) is 76.3 Å². The van der Waals surface area contributed by atoms with Gasteiger partial charge in [-0.2, -0.15) is 0 Å². The molecule has 3 aliphatic rings. The van der Waals surface area contributed by atoms with E-state index in [2.05, 4.69) is 17.2 Å². The van der Waals surface area contributed by atoms with Crippen molar-refractivity contribution in [1.29, 1.82) is 0 Å². The monoisotopic (exact) mass is 813 g/mol. The van der Waals surface area contributed by atoms with E-state index in [1.54, 1.807) is 59.1 Å². The number of amides is 4. The van der Waals surface area contributed by atoms with E-state index < -0.39 is 36.5 Å². The fraction of sp³-hybridized carbons (Fsp3) is 0.405. The van der Waals surface area contributed by atoms with Crippen molar-refractivity contribution in [3.63, 3.8) is 0 Å². The van der Waals surface area contributed by atoms with Crippen molar-refractivity contribution < 1.29 is 56.8 Å². The van der Waals surface area contributed by atoms with Gasteiger partial charge >= 0.3 is 12.1 Å². The van der Waals surface area contributed by atoms with Gasteiger partial charge in [0.15, 0.2) is 24.0 Å². The summed E-state index contributed by atoms with van der Waals surface area (Å²) in [6, 6.07) is 10.7. The average Bonchev–Trinajstić information content (AvgIpc) is 3.98. The number of fused-ring (bicyclic) bond motifs is 3. The lowest BCUT2D eigenvalue weighted by atomic mass is 10.1. The molecule has 0 spiro atoms. The molecule has 4 aromatic rings. The van der Waals surface area contributed by atoms with E-state index in [-0.39, 0.29) is 60.0 Å². The molecule has 0 bridgehead atoms. The summed E-state index contributed by atoms with van der Waals surface area (Å²) in [5, 5.41) is 6.26. The number of carbonyl (C=O) groups is 5. The minimum absolute atomic E-state index is 0.0479. The van der Waals surface area contributed by atoms with Gasteiger partial charge in [-0.3, -0.25) is 14.4 Å². The summed E-state index contributed by atoms with van der Waals surface area (Å²) in [5.41, 5.74) is 2.13. The highest BCUT2D eigenvalue weighted by molar-refractivity contribution is 6.07. The molecular weight excluding hydrogens is 766 g/mol. The zero-order valence-corrected chi connectivity index (χ0v) is 33.2. The van der Waals surface area contributed by atoms with Crippen LogP contribution in [0.2, 0.25) is 0 Å². The maximum absolute atomic E-state index is 14.1. The molecule has 17 nitrogen and oxygen atoms in total. The zero-order chi connectivity index (χ0) is 41.6. The maximum Gasteiger partial charge on any atom is 0.416 e. The summed E-state index contributed by atoms with van der Waals surface area (Å²) in [7, 11) is 4.40. The zero-order valence-electron chi connectivity index (χ0n) is 33.2. The molecule has 59 heavy (non-hydrogen) atoms. The van der Waals surface area contributed by atoms with Crippen LogP contribution in [0.3, 0.4) is 0 Å². The van der Waals surface area contributed by atoms with Crippen LogP contribution in [0.4, 0.5) is 21.9 Å². The lowest BCUT2D eigenvalue weighted by molar-refractivity contribution is -0.195. The number of furan rings is 1. The highest BCUT2D eigenvalue weighted by atomic mass is 16.7. The normalized spacial score (nSPS) is 18.7. The molecule has 2 saturated heterocycles. The van der Waals surface area contributed by atoms with Crippen molar-refractivity contribution in [1.82, 2.24) is 9.47 Å². The first-order valence-corrected chi connectivity index (χ1v) is 19.5. The molecule has 7 rings (SSSR count). The third-order valence-electron chi connectivity index (χ3n) is 10.4. The number of anilines is 3. The molecule has 3 aliphatic heterocycles. The summed E-state index contributed by atoms with van der Waals surface area (Å²) in [5.74, 6) is -1.02. The molecule has 17 heteroatoms. The molecule has 0 aliphatic carbocycles. The van der Waals surface area contributed by atoms with E-state index in [1.165, 1.54) is 31.3 Å². The third-order valence-corrected chi connectivity index (χ3v) is 10.4. The van der Waals surface area contributed by atoms with Gasteiger partial charge in [-0.1, -0.05) is 12.7 Å². The number of hydrogen-bond donors (Lipinski definition) is 2. The molecule has 5 heterocycles. The number of ether oxygens (including phenoxy) is 6. The molecule has 3 atom stereocenters. The molecule has 0 radical (unpaired) electrons. The number of rotatable bonds is 14. The van der Waals surface area contributed by atoms with Gasteiger partial charge < -0.3 is 52.9 Å². The number of nitrogens with zero attached hydrogens (tertiary/aromatic N) is 3. The second-order valence-electron chi connectivity index (χ2n) is 14.3. The Kier molecular flexibility index (Phi) is 12.5. The molecule has 2 aromatic heterocycles. The number of esters is 1. The summed E-state index contributed by atoms with van der Waals surface area (Å²) in [4.78, 5) is 69.1. The van der Waals surface area contributed by atoms with Crippen LogP contribution in [0.25, 0.3) is 11.0 Å². The minimum Gasteiger partial charge on any atom is -0.493 e. The Bertz CT molecular complexity index is 2240. The number of nitrogens with one attached hydrogen (secondary N) is 2. The number of aryl methyl sites for hydroxylation is 1. The fourth-order valence-corrected chi connectivity index (χ4v) is 7.54. The number of methoxy groups -OCH3 is 2. The highest BCUT2D eigenvalue weighted by Gasteiger charge is 2.48. The van der Waals surface area contributed by atoms with Crippen molar-refractivity contribution >= 4 is 57.8 Å². The Morgan fingerprint density at radius 1 is 0.983 bits per heavy atom. The van der Waals surface area contributed by atoms with Crippen LogP contribution in [-0.4, -0.2) is 98.4 Å². The largest absolute Gasteiger partial charge is 0.493 e. The SMILES string of the molecule is C=CCOC(=O)N1c2cc(OCCCC(=O)Nc3cc(C(=O)Nc4ccc5oc(C(=O)OC)cc5c4)n(C)c3)c(OC)cc2C(=O)N2CCCC2C1OC1CCCCO1. The van der Waals surface area contributed by atoms with E-state index in [4.69, 9.17) is 32.8 Å². The lowest BCUT2D eigenvalue weighted by Gasteiger charge is -2.38. The van der Waals surface area contributed by atoms with Crippen LogP contribution in [-0.2, 0) is 30.8 Å². The fourth-order valence-electron chi connectivity index (χ4n) is 7.54. The Labute approximate surface area is 340 Å². The van der Waals surface area contributed by atoms with E-state index in [9.17, 15) is 24.0 Å². The third kappa shape index (κ3) is 8.90. The average molecular weight is 814 g/mol. The molecule has 2 aromatic carbocycles. The molecule has 312 valence electrons. The van der Waals surface area contributed by atoms with Gasteiger partial charge in [0.2, 0.25) is 11.7 Å². The second-order valence-corrected chi connectivity index (χ2v) is 14.3. The van der Waals surface area contributed by atoms with Crippen LogP contribution < -0.4 is 25.0 Å². The maximum atomic E-state index is 14.1. The van der Waals surface area contributed by atoms with Gasteiger partial charge in [-0.25, -0.2) is 14.5 Å². The first-order chi connectivity index (χ1) is 28.6. The Morgan fingerprint density at radius 3 is 2.59 bits per heavy atom. The molecular formula is C42H47N5O12. The minimum atomic E-state index is -0.896. The predicted molar refractivity (Wildman–Crippen MR) is 214 cm³/mol. The van der Waals surface area contributed by atoms with Gasteiger partial charge in [-0.05, 0) is 74.9 Å². The van der Waals surface area contributed by atoms with Crippen LogP contribution in [0.15, 0.2) is 65.7 Å². The molecule has 2 N–H and O–H groups in total. The highest BCUT2D eigenvalue weighted by Crippen LogP contribution is 2.42. The number of benzene rings is 2. The van der Waals surface area contributed by atoms with Crippen molar-refractivity contribution in [2.45, 2.75) is 63.5 Å². The van der Waals surface area contributed by atoms with Gasteiger partial charge in [0, 0.05) is 50.0 Å². The van der Waals surface area contributed by atoms with Gasteiger partial charge in [0.25, 0.3) is 11.8 Å². The first-order valence-electron chi connectivity index (χ1n) is 19.5. The van der Waals surface area contributed by atoms with Crippen LogP contribution in [0.5, 0.6) is 11.5 Å². The number of carbonyl (C=O) groups excluding carboxylic acids is 5. The standard InChI is InChI=1S/C42H47N5O12/c1-5-16-57-42(52)47-30-23-34(33(53-3)22-28(30)39(50)46-15-8-10-29(46)40(47)59-37-12-6-7-17-56-37)55-18-9-11-36(48)43-27-21-31(45(2)24-27)38(49)44-26-13-14-32-25(19-26)20-35(58-32)41(51)54-4/h5,13-14,19-24,29,37,40H,1,6-12,15-18H2,2-4H3,(H,43,48)(H,44,49). The first kappa shape index (κ1) is 40.9. The van der Waals surface area contributed by atoms with E-state index in [1.807, 2.05) is 0 Å². The van der Waals surface area contributed by atoms with E-state index >= 15 is 0 Å². The van der Waals surface area contributed by atoms with Crippen LogP contribution >= 0.6 is 0 Å². The van der Waals surface area contributed by atoms with Crippen molar-refractivity contribution in [2.24, 2.45) is 7.05 Å². The summed E-state index contributed by atoms with van der Waals surface area (Å²) < 4.78 is 41.6. The Balaban J connectivity index is 1.01. The molecule has 3 unspecified atom stereocenters. The van der Waals surface area contributed by atoms with Gasteiger partial charge in [0.1, 0.15) is 17.9 Å². The number of hydrogen-bond acceptors (Lipinski definition) is 12. The Morgan fingerprint density at radius 2 is 1.83 bits per heavy atom. The smallest absolute Gasteiger partial charge is 0.416 e.